The molecular formula is C22H24F3N3O2. The highest BCUT2D eigenvalue weighted by Crippen LogP contribution is 2.32. The summed E-state index contributed by atoms with van der Waals surface area (Å²) in [7, 11) is 0. The summed E-state index contributed by atoms with van der Waals surface area (Å²) in [5, 5.41) is 2.82. The Hall–Kier alpha value is -2.87. The quantitative estimate of drug-likeness (QED) is 0.743. The van der Waals surface area contributed by atoms with Crippen LogP contribution in [0, 0.1) is 0 Å². The third-order valence-corrected chi connectivity index (χ3v) is 5.34. The summed E-state index contributed by atoms with van der Waals surface area (Å²) >= 11 is 0. The number of benzene rings is 2. The number of para-hydroxylation sites is 1. The third kappa shape index (κ3) is 4.99. The highest BCUT2D eigenvalue weighted by molar-refractivity contribution is 6.04. The van der Waals surface area contributed by atoms with E-state index in [1.165, 1.54) is 13.0 Å². The zero-order chi connectivity index (χ0) is 21.9. The van der Waals surface area contributed by atoms with Crippen LogP contribution in [0.15, 0.2) is 48.5 Å². The van der Waals surface area contributed by atoms with Gasteiger partial charge in [-0.1, -0.05) is 18.2 Å². The molecule has 0 aromatic heterocycles. The first-order chi connectivity index (χ1) is 14.2. The van der Waals surface area contributed by atoms with E-state index >= 15 is 0 Å². The molecule has 1 N–H and O–H groups in total. The lowest BCUT2D eigenvalue weighted by molar-refractivity contribution is -0.137. The molecule has 1 fully saturated rings. The normalized spacial score (nSPS) is 16.2. The first-order valence-electron chi connectivity index (χ1n) is 9.74. The fourth-order valence-corrected chi connectivity index (χ4v) is 3.55. The van der Waals surface area contributed by atoms with Crippen molar-refractivity contribution in [3.05, 3.63) is 59.7 Å². The van der Waals surface area contributed by atoms with Crippen molar-refractivity contribution < 1.29 is 22.8 Å². The first kappa shape index (κ1) is 21.8. The first-order valence-corrected chi connectivity index (χ1v) is 9.74. The van der Waals surface area contributed by atoms with Crippen LogP contribution in [0.3, 0.4) is 0 Å². The summed E-state index contributed by atoms with van der Waals surface area (Å²) in [6.07, 6.45) is -4.37. The average molecular weight is 419 g/mol. The second-order valence-electron chi connectivity index (χ2n) is 7.34. The fourth-order valence-electron chi connectivity index (χ4n) is 3.55. The van der Waals surface area contributed by atoms with Crippen LogP contribution in [0.1, 0.15) is 29.8 Å². The van der Waals surface area contributed by atoms with Crippen molar-refractivity contribution in [3.8, 4) is 0 Å². The third-order valence-electron chi connectivity index (χ3n) is 5.34. The Morgan fingerprint density at radius 3 is 2.30 bits per heavy atom. The average Bonchev–Trinajstić information content (AvgIpc) is 2.73. The van der Waals surface area contributed by atoms with E-state index in [0.29, 0.717) is 43.1 Å². The summed E-state index contributed by atoms with van der Waals surface area (Å²) in [5.41, 5.74) is 0.785. The monoisotopic (exact) mass is 419 g/mol. The lowest BCUT2D eigenvalue weighted by Gasteiger charge is -2.38. The molecule has 3 rings (SSSR count). The van der Waals surface area contributed by atoms with E-state index in [-0.39, 0.29) is 11.7 Å². The molecule has 0 unspecified atom stereocenters. The zero-order valence-corrected chi connectivity index (χ0v) is 16.9. The van der Waals surface area contributed by atoms with E-state index in [1.807, 2.05) is 9.80 Å². The van der Waals surface area contributed by atoms with Crippen LogP contribution in [-0.4, -0.2) is 48.8 Å². The van der Waals surface area contributed by atoms with Crippen LogP contribution in [-0.2, 0) is 11.0 Å². The Labute approximate surface area is 173 Å². The molecule has 2 aromatic carbocycles. The maximum atomic E-state index is 13.0. The minimum atomic E-state index is -4.37. The van der Waals surface area contributed by atoms with Gasteiger partial charge < -0.3 is 10.2 Å². The molecule has 1 saturated heterocycles. The number of carbonyl (C=O) groups excluding carboxylic acids is 2. The summed E-state index contributed by atoms with van der Waals surface area (Å²) in [5.74, 6) is -0.357. The molecule has 8 heteroatoms. The molecule has 0 bridgehead atoms. The van der Waals surface area contributed by atoms with Gasteiger partial charge in [-0.05, 0) is 44.2 Å². The molecule has 0 radical (unpaired) electrons. The number of alkyl halides is 3. The van der Waals surface area contributed by atoms with Crippen molar-refractivity contribution in [2.24, 2.45) is 0 Å². The zero-order valence-electron chi connectivity index (χ0n) is 16.9. The van der Waals surface area contributed by atoms with Gasteiger partial charge in [0, 0.05) is 37.4 Å². The molecule has 1 aliphatic heterocycles. The fraction of sp³-hybridized carbons (Fsp3) is 0.364. The largest absolute Gasteiger partial charge is 0.416 e. The van der Waals surface area contributed by atoms with Gasteiger partial charge in [0.1, 0.15) is 0 Å². The number of nitrogens with one attached hydrogen (secondary N) is 1. The maximum Gasteiger partial charge on any atom is 0.416 e. The van der Waals surface area contributed by atoms with Gasteiger partial charge in [0.2, 0.25) is 5.91 Å². The van der Waals surface area contributed by atoms with Gasteiger partial charge in [0.25, 0.3) is 0 Å². The van der Waals surface area contributed by atoms with Crippen LogP contribution in [0.25, 0.3) is 0 Å². The number of nitrogens with zero attached hydrogens (tertiary/aromatic N) is 2. The number of carbonyl (C=O) groups is 2. The minimum absolute atomic E-state index is 0.131. The molecule has 0 aliphatic carbocycles. The molecule has 30 heavy (non-hydrogen) atoms. The van der Waals surface area contributed by atoms with Gasteiger partial charge in [0.05, 0.1) is 17.3 Å². The molecule has 0 spiro atoms. The predicted molar refractivity (Wildman–Crippen MR) is 110 cm³/mol. The van der Waals surface area contributed by atoms with Crippen molar-refractivity contribution >= 4 is 23.1 Å². The number of amides is 1. The van der Waals surface area contributed by atoms with E-state index in [4.69, 9.17) is 0 Å². The summed E-state index contributed by atoms with van der Waals surface area (Å²) < 4.78 is 38.9. The number of anilines is 2. The number of hydrogen-bond acceptors (Lipinski definition) is 4. The summed E-state index contributed by atoms with van der Waals surface area (Å²) in [4.78, 5) is 28.3. The molecule has 160 valence electrons. The Bertz CT molecular complexity index is 922. The van der Waals surface area contributed by atoms with Crippen molar-refractivity contribution in [1.29, 1.82) is 0 Å². The van der Waals surface area contributed by atoms with Crippen LogP contribution in [0.4, 0.5) is 24.5 Å². The van der Waals surface area contributed by atoms with Crippen LogP contribution >= 0.6 is 0 Å². The van der Waals surface area contributed by atoms with E-state index in [2.05, 4.69) is 5.32 Å². The smallest absolute Gasteiger partial charge is 0.369 e. The molecule has 1 heterocycles. The highest BCUT2D eigenvalue weighted by atomic mass is 19.4. The number of ketones is 1. The second-order valence-corrected chi connectivity index (χ2v) is 7.34. The molecule has 2 aromatic rings. The molecular weight excluding hydrogens is 395 g/mol. The number of halogens is 3. The Morgan fingerprint density at radius 1 is 1.00 bits per heavy atom. The van der Waals surface area contributed by atoms with Crippen molar-refractivity contribution in [3.63, 3.8) is 0 Å². The number of piperazine rings is 1. The van der Waals surface area contributed by atoms with Gasteiger partial charge in [-0.3, -0.25) is 14.5 Å². The van der Waals surface area contributed by atoms with Crippen molar-refractivity contribution in [1.82, 2.24) is 4.90 Å². The topological polar surface area (TPSA) is 52.7 Å². The van der Waals surface area contributed by atoms with Gasteiger partial charge in [-0.15, -0.1) is 0 Å². The van der Waals surface area contributed by atoms with Crippen molar-refractivity contribution in [2.75, 3.05) is 36.4 Å². The van der Waals surface area contributed by atoms with E-state index < -0.39 is 17.8 Å². The number of hydrogen-bond donors (Lipinski definition) is 1. The summed E-state index contributed by atoms with van der Waals surface area (Å²) in [6.45, 7) is 5.34. The molecule has 1 aliphatic rings. The molecule has 1 atom stereocenters. The SMILES string of the molecule is CC(=O)c1ccccc1NC(=O)[C@@H](C)N1CCN(c2cccc(C(F)(F)F)c2)CC1. The Morgan fingerprint density at radius 2 is 1.67 bits per heavy atom. The van der Waals surface area contributed by atoms with Crippen molar-refractivity contribution in [2.45, 2.75) is 26.1 Å². The van der Waals surface area contributed by atoms with E-state index in [9.17, 15) is 22.8 Å². The number of Topliss-reactive ketones (excluding diaryl/α,β-unsaturated/α-hetero) is 1. The Kier molecular flexibility index (Phi) is 6.45. The number of rotatable bonds is 5. The summed E-state index contributed by atoms with van der Waals surface area (Å²) in [6, 6.07) is 11.7. The minimum Gasteiger partial charge on any atom is -0.369 e. The van der Waals surface area contributed by atoms with Crippen LogP contribution in [0.5, 0.6) is 0 Å². The highest BCUT2D eigenvalue weighted by Gasteiger charge is 2.31. The molecule has 1 amide bonds. The lowest BCUT2D eigenvalue weighted by Crippen LogP contribution is -2.52. The van der Waals surface area contributed by atoms with Gasteiger partial charge in [0.15, 0.2) is 5.78 Å². The van der Waals surface area contributed by atoms with Gasteiger partial charge in [-0.25, -0.2) is 0 Å². The van der Waals surface area contributed by atoms with Crippen LogP contribution in [0.2, 0.25) is 0 Å². The molecule has 5 nitrogen and oxygen atoms in total. The molecule has 0 saturated carbocycles. The van der Waals surface area contributed by atoms with E-state index in [1.54, 1.807) is 37.3 Å². The standard InChI is InChI=1S/C22H24F3N3O2/c1-15(21(30)26-20-9-4-3-8-19(20)16(2)29)27-10-12-28(13-11-27)18-7-5-6-17(14-18)22(23,24)25/h3-9,14-15H,10-13H2,1-2H3,(H,26,30)/t15-/m1/s1. The van der Waals surface area contributed by atoms with Gasteiger partial charge in [-0.2, -0.15) is 13.2 Å². The predicted octanol–water partition coefficient (Wildman–Crippen LogP) is 4.06. The lowest BCUT2D eigenvalue weighted by atomic mass is 10.1. The van der Waals surface area contributed by atoms with Gasteiger partial charge >= 0.3 is 6.18 Å². The second kappa shape index (κ2) is 8.87. The van der Waals surface area contributed by atoms with E-state index in [0.717, 1.165) is 12.1 Å². The Balaban J connectivity index is 1.61. The van der Waals surface area contributed by atoms with Crippen LogP contribution < -0.4 is 10.2 Å². The maximum absolute atomic E-state index is 13.0.